The molecule has 1 aliphatic rings. The maximum atomic E-state index is 12.0. The summed E-state index contributed by atoms with van der Waals surface area (Å²) in [5.41, 5.74) is 5.11. The summed E-state index contributed by atoms with van der Waals surface area (Å²) in [7, 11) is 0. The lowest BCUT2D eigenvalue weighted by Gasteiger charge is -2.30. The summed E-state index contributed by atoms with van der Waals surface area (Å²) in [6, 6.07) is 0. The van der Waals surface area contributed by atoms with Crippen LogP contribution in [0.1, 0.15) is 12.8 Å². The van der Waals surface area contributed by atoms with Crippen molar-refractivity contribution in [3.8, 4) is 0 Å². The summed E-state index contributed by atoms with van der Waals surface area (Å²) >= 11 is 0. The summed E-state index contributed by atoms with van der Waals surface area (Å²) in [5.74, 6) is -0.619. The van der Waals surface area contributed by atoms with Gasteiger partial charge in [-0.2, -0.15) is 0 Å². The van der Waals surface area contributed by atoms with Gasteiger partial charge in [0.25, 0.3) is 6.43 Å². The van der Waals surface area contributed by atoms with Crippen molar-refractivity contribution in [2.75, 3.05) is 19.6 Å². The van der Waals surface area contributed by atoms with Gasteiger partial charge in [0.15, 0.2) is 0 Å². The zero-order valence-electron chi connectivity index (χ0n) is 7.38. The number of hydrogen-bond acceptors (Lipinski definition) is 2. The van der Waals surface area contributed by atoms with Crippen molar-refractivity contribution < 1.29 is 13.6 Å². The molecule has 0 saturated carbocycles. The summed E-state index contributed by atoms with van der Waals surface area (Å²) < 4.78 is 24.0. The number of halogens is 2. The number of hydrogen-bond donors (Lipinski definition) is 1. The molecule has 3 nitrogen and oxygen atoms in total. The van der Waals surface area contributed by atoms with Crippen LogP contribution < -0.4 is 5.73 Å². The first kappa shape index (κ1) is 10.4. The smallest absolute Gasteiger partial charge is 0.251 e. The minimum absolute atomic E-state index is 0.243. The molecule has 0 bridgehead atoms. The summed E-state index contributed by atoms with van der Waals surface area (Å²) in [6.45, 7) is 0.789. The van der Waals surface area contributed by atoms with Crippen LogP contribution in [0, 0.1) is 5.92 Å². The van der Waals surface area contributed by atoms with E-state index >= 15 is 0 Å². The van der Waals surface area contributed by atoms with Gasteiger partial charge in [-0.05, 0) is 19.4 Å². The van der Waals surface area contributed by atoms with E-state index in [1.54, 1.807) is 4.90 Å². The van der Waals surface area contributed by atoms with Crippen molar-refractivity contribution >= 4 is 5.91 Å². The molecule has 76 valence electrons. The molecule has 0 aromatic carbocycles. The number of alkyl halides is 2. The van der Waals surface area contributed by atoms with Gasteiger partial charge in [0, 0.05) is 6.54 Å². The monoisotopic (exact) mass is 192 g/mol. The number of piperidine rings is 1. The topological polar surface area (TPSA) is 46.3 Å². The van der Waals surface area contributed by atoms with Crippen molar-refractivity contribution in [3.05, 3.63) is 0 Å². The normalized spacial score (nSPS) is 25.0. The van der Waals surface area contributed by atoms with Crippen LogP contribution in [0.3, 0.4) is 0 Å². The van der Waals surface area contributed by atoms with Crippen LogP contribution in [0.15, 0.2) is 0 Å². The van der Waals surface area contributed by atoms with Gasteiger partial charge < -0.3 is 5.73 Å². The molecule has 1 atom stereocenters. The predicted molar refractivity (Wildman–Crippen MR) is 44.4 cm³/mol. The Morgan fingerprint density at radius 2 is 2.31 bits per heavy atom. The molecule has 13 heavy (non-hydrogen) atoms. The third-order valence-electron chi connectivity index (χ3n) is 2.30. The standard InChI is InChI=1S/C8H14F2N2O/c9-7(10)5-12-3-1-2-6(4-12)8(11)13/h6-7H,1-5H2,(H2,11,13). The minimum Gasteiger partial charge on any atom is -0.369 e. The second kappa shape index (κ2) is 4.50. The third kappa shape index (κ3) is 3.26. The molecule has 1 amide bonds. The molecule has 0 aliphatic carbocycles. The van der Waals surface area contributed by atoms with Crippen molar-refractivity contribution in [2.45, 2.75) is 19.3 Å². The SMILES string of the molecule is NC(=O)C1CCCN(CC(F)F)C1. The van der Waals surface area contributed by atoms with Crippen molar-refractivity contribution in [1.29, 1.82) is 0 Å². The maximum Gasteiger partial charge on any atom is 0.251 e. The zero-order chi connectivity index (χ0) is 9.84. The van der Waals surface area contributed by atoms with E-state index in [0.717, 1.165) is 12.8 Å². The Labute approximate surface area is 75.9 Å². The van der Waals surface area contributed by atoms with Crippen LogP contribution in [-0.4, -0.2) is 36.9 Å². The average molecular weight is 192 g/mol. The molecule has 1 fully saturated rings. The summed E-state index contributed by atoms with van der Waals surface area (Å²) in [6.07, 6.45) is -0.818. The number of nitrogens with zero attached hydrogens (tertiary/aromatic N) is 1. The lowest BCUT2D eigenvalue weighted by Crippen LogP contribution is -2.42. The number of amides is 1. The number of nitrogens with two attached hydrogens (primary N) is 1. The fraction of sp³-hybridized carbons (Fsp3) is 0.875. The molecule has 0 aromatic rings. The lowest BCUT2D eigenvalue weighted by molar-refractivity contribution is -0.123. The van der Waals surface area contributed by atoms with Gasteiger partial charge in [-0.15, -0.1) is 0 Å². The Morgan fingerprint density at radius 1 is 1.62 bits per heavy atom. The Kier molecular flexibility index (Phi) is 3.59. The van der Waals surface area contributed by atoms with Crippen LogP contribution in [0.4, 0.5) is 8.78 Å². The van der Waals surface area contributed by atoms with Gasteiger partial charge in [-0.1, -0.05) is 0 Å². The van der Waals surface area contributed by atoms with Gasteiger partial charge in [-0.25, -0.2) is 8.78 Å². The lowest BCUT2D eigenvalue weighted by atomic mass is 9.98. The number of primary amides is 1. The summed E-state index contributed by atoms with van der Waals surface area (Å²) in [5, 5.41) is 0. The second-order valence-electron chi connectivity index (χ2n) is 3.39. The van der Waals surface area contributed by atoms with Crippen molar-refractivity contribution in [1.82, 2.24) is 4.90 Å². The molecule has 5 heteroatoms. The van der Waals surface area contributed by atoms with E-state index in [4.69, 9.17) is 5.73 Å². The van der Waals surface area contributed by atoms with Crippen molar-refractivity contribution in [3.63, 3.8) is 0 Å². The van der Waals surface area contributed by atoms with E-state index < -0.39 is 6.43 Å². The maximum absolute atomic E-state index is 12.0. The molecule has 0 spiro atoms. The molecule has 1 saturated heterocycles. The highest BCUT2D eigenvalue weighted by molar-refractivity contribution is 5.76. The van der Waals surface area contributed by atoms with E-state index in [2.05, 4.69) is 0 Å². The molecule has 0 radical (unpaired) electrons. The fourth-order valence-corrected chi connectivity index (χ4v) is 1.65. The Morgan fingerprint density at radius 3 is 2.85 bits per heavy atom. The minimum atomic E-state index is -2.33. The highest BCUT2D eigenvalue weighted by Gasteiger charge is 2.25. The van der Waals surface area contributed by atoms with E-state index in [1.807, 2.05) is 0 Å². The van der Waals surface area contributed by atoms with E-state index in [-0.39, 0.29) is 18.4 Å². The number of carbonyl (C=O) groups excluding carboxylic acids is 1. The molecule has 2 N–H and O–H groups in total. The fourth-order valence-electron chi connectivity index (χ4n) is 1.65. The van der Waals surface area contributed by atoms with Crippen LogP contribution in [0.5, 0.6) is 0 Å². The molecule has 1 unspecified atom stereocenters. The highest BCUT2D eigenvalue weighted by Crippen LogP contribution is 2.16. The highest BCUT2D eigenvalue weighted by atomic mass is 19.3. The van der Waals surface area contributed by atoms with Crippen LogP contribution in [-0.2, 0) is 4.79 Å². The molecule has 1 heterocycles. The van der Waals surface area contributed by atoms with Gasteiger partial charge in [0.2, 0.25) is 5.91 Å². The summed E-state index contributed by atoms with van der Waals surface area (Å²) in [4.78, 5) is 12.4. The number of likely N-dealkylation sites (tertiary alicyclic amines) is 1. The predicted octanol–water partition coefficient (Wildman–Crippen LogP) is 0.449. The largest absolute Gasteiger partial charge is 0.369 e. The Bertz CT molecular complexity index is 187. The number of rotatable bonds is 3. The Balaban J connectivity index is 2.37. The van der Waals surface area contributed by atoms with Crippen LogP contribution in [0.25, 0.3) is 0 Å². The molecular formula is C8H14F2N2O. The van der Waals surface area contributed by atoms with Gasteiger partial charge in [0.1, 0.15) is 0 Å². The van der Waals surface area contributed by atoms with E-state index in [9.17, 15) is 13.6 Å². The third-order valence-corrected chi connectivity index (χ3v) is 2.30. The van der Waals surface area contributed by atoms with Crippen LogP contribution >= 0.6 is 0 Å². The van der Waals surface area contributed by atoms with E-state index in [1.165, 1.54) is 0 Å². The quantitative estimate of drug-likeness (QED) is 0.705. The first-order chi connectivity index (χ1) is 6.09. The first-order valence-corrected chi connectivity index (χ1v) is 4.39. The second-order valence-corrected chi connectivity index (χ2v) is 3.39. The molecule has 1 aliphatic heterocycles. The molecule has 1 rings (SSSR count). The molecule has 0 aromatic heterocycles. The van der Waals surface area contributed by atoms with Gasteiger partial charge in [0.05, 0.1) is 12.5 Å². The van der Waals surface area contributed by atoms with Gasteiger partial charge in [-0.3, -0.25) is 9.69 Å². The van der Waals surface area contributed by atoms with Gasteiger partial charge >= 0.3 is 0 Å². The molecular weight excluding hydrogens is 178 g/mol. The Hall–Kier alpha value is -0.710. The van der Waals surface area contributed by atoms with Crippen LogP contribution in [0.2, 0.25) is 0 Å². The first-order valence-electron chi connectivity index (χ1n) is 4.39. The number of carbonyl (C=O) groups is 1. The van der Waals surface area contributed by atoms with Crippen molar-refractivity contribution in [2.24, 2.45) is 11.7 Å². The zero-order valence-corrected chi connectivity index (χ0v) is 7.38. The average Bonchev–Trinajstić information content (AvgIpc) is 2.03. The van der Waals surface area contributed by atoms with E-state index in [0.29, 0.717) is 13.1 Å².